The van der Waals surface area contributed by atoms with E-state index in [1.165, 1.54) is 0 Å². The van der Waals surface area contributed by atoms with Crippen molar-refractivity contribution in [2.45, 2.75) is 26.8 Å². The summed E-state index contributed by atoms with van der Waals surface area (Å²) in [5, 5.41) is 14.2. The van der Waals surface area contributed by atoms with Gasteiger partial charge in [-0.15, -0.1) is 0 Å². The van der Waals surface area contributed by atoms with E-state index in [1.54, 1.807) is 19.9 Å². The summed E-state index contributed by atoms with van der Waals surface area (Å²) in [4.78, 5) is 24.9. The number of carboxylic acids is 1. The number of aryl methyl sites for hydroxylation is 1. The van der Waals surface area contributed by atoms with Crippen LogP contribution < -0.4 is 15.5 Å². The third-order valence-corrected chi connectivity index (χ3v) is 3.17. The summed E-state index contributed by atoms with van der Waals surface area (Å²) in [7, 11) is 3.84. The Morgan fingerprint density at radius 1 is 1.24 bits per heavy atom. The molecule has 1 aromatic rings. The van der Waals surface area contributed by atoms with Crippen molar-refractivity contribution in [1.82, 2.24) is 5.32 Å². The number of benzene rings is 1. The Labute approximate surface area is 125 Å². The highest BCUT2D eigenvalue weighted by atomic mass is 16.4. The minimum absolute atomic E-state index is 0.191. The van der Waals surface area contributed by atoms with Crippen molar-refractivity contribution in [2.75, 3.05) is 24.3 Å². The lowest BCUT2D eigenvalue weighted by atomic mass is 10.1. The van der Waals surface area contributed by atoms with Crippen LogP contribution in [0.5, 0.6) is 0 Å². The maximum Gasteiger partial charge on any atom is 0.326 e. The molecule has 0 aliphatic rings. The lowest BCUT2D eigenvalue weighted by Gasteiger charge is -2.20. The summed E-state index contributed by atoms with van der Waals surface area (Å²) >= 11 is 0. The number of urea groups is 1. The lowest BCUT2D eigenvalue weighted by Crippen LogP contribution is -2.46. The summed E-state index contributed by atoms with van der Waals surface area (Å²) < 4.78 is 0. The zero-order valence-electron chi connectivity index (χ0n) is 13.1. The summed E-state index contributed by atoms with van der Waals surface area (Å²) in [5.74, 6) is -1.23. The minimum atomic E-state index is -1.04. The summed E-state index contributed by atoms with van der Waals surface area (Å²) in [6.07, 6.45) is 0. The molecule has 0 aliphatic heterocycles. The number of carbonyl (C=O) groups excluding carboxylic acids is 1. The minimum Gasteiger partial charge on any atom is -0.480 e. The van der Waals surface area contributed by atoms with E-state index < -0.39 is 18.0 Å². The van der Waals surface area contributed by atoms with Crippen molar-refractivity contribution in [3.8, 4) is 0 Å². The molecular formula is C15H23N3O3. The van der Waals surface area contributed by atoms with Gasteiger partial charge in [-0.25, -0.2) is 9.59 Å². The first-order chi connectivity index (χ1) is 9.72. The molecule has 6 nitrogen and oxygen atoms in total. The first kappa shape index (κ1) is 16.8. The van der Waals surface area contributed by atoms with Crippen LogP contribution in [0.1, 0.15) is 19.4 Å². The molecule has 0 saturated heterocycles. The molecule has 0 aliphatic carbocycles. The Bertz CT molecular complexity index is 527. The Morgan fingerprint density at radius 3 is 2.33 bits per heavy atom. The van der Waals surface area contributed by atoms with Crippen LogP contribution in [0.25, 0.3) is 0 Å². The van der Waals surface area contributed by atoms with Gasteiger partial charge in [0.25, 0.3) is 0 Å². The number of hydrogen-bond acceptors (Lipinski definition) is 3. The van der Waals surface area contributed by atoms with Crippen LogP contribution in [0.3, 0.4) is 0 Å². The van der Waals surface area contributed by atoms with Gasteiger partial charge in [0.15, 0.2) is 0 Å². The van der Waals surface area contributed by atoms with Gasteiger partial charge in [0.2, 0.25) is 0 Å². The number of hydrogen-bond donors (Lipinski definition) is 3. The van der Waals surface area contributed by atoms with Crippen molar-refractivity contribution in [3.05, 3.63) is 23.8 Å². The van der Waals surface area contributed by atoms with E-state index >= 15 is 0 Å². The molecule has 0 heterocycles. The molecule has 1 aromatic carbocycles. The Morgan fingerprint density at radius 2 is 1.86 bits per heavy atom. The average Bonchev–Trinajstić information content (AvgIpc) is 2.37. The van der Waals surface area contributed by atoms with Gasteiger partial charge in [-0.05, 0) is 30.5 Å². The quantitative estimate of drug-likeness (QED) is 0.778. The van der Waals surface area contributed by atoms with Crippen LogP contribution in [0.2, 0.25) is 0 Å². The van der Waals surface area contributed by atoms with Gasteiger partial charge in [0, 0.05) is 25.5 Å². The monoisotopic (exact) mass is 293 g/mol. The molecule has 0 spiro atoms. The largest absolute Gasteiger partial charge is 0.480 e. The second kappa shape index (κ2) is 6.97. The molecule has 21 heavy (non-hydrogen) atoms. The number of anilines is 2. The van der Waals surface area contributed by atoms with Gasteiger partial charge >= 0.3 is 12.0 Å². The topological polar surface area (TPSA) is 81.7 Å². The number of nitrogens with zero attached hydrogens (tertiary/aromatic N) is 1. The lowest BCUT2D eigenvalue weighted by molar-refractivity contribution is -0.140. The number of carbonyl (C=O) groups is 2. The van der Waals surface area contributed by atoms with Crippen LogP contribution in [-0.4, -0.2) is 37.2 Å². The third-order valence-electron chi connectivity index (χ3n) is 3.17. The number of aliphatic carboxylic acids is 1. The van der Waals surface area contributed by atoms with Crippen molar-refractivity contribution in [2.24, 2.45) is 5.92 Å². The van der Waals surface area contributed by atoms with Crippen LogP contribution in [0.4, 0.5) is 16.2 Å². The smallest absolute Gasteiger partial charge is 0.326 e. The molecule has 0 unspecified atom stereocenters. The van der Waals surface area contributed by atoms with Gasteiger partial charge in [0.1, 0.15) is 6.04 Å². The Balaban J connectivity index is 2.79. The molecule has 1 atom stereocenters. The predicted molar refractivity (Wildman–Crippen MR) is 83.9 cm³/mol. The van der Waals surface area contributed by atoms with E-state index in [0.29, 0.717) is 5.69 Å². The van der Waals surface area contributed by atoms with E-state index in [4.69, 9.17) is 5.11 Å². The van der Waals surface area contributed by atoms with E-state index in [0.717, 1.165) is 11.3 Å². The van der Waals surface area contributed by atoms with Gasteiger partial charge in [-0.2, -0.15) is 0 Å². The standard InChI is InChI=1S/C15H23N3O3/c1-9(2)13(14(19)20)17-15(21)16-11-7-6-10(3)12(8-11)18(4)5/h6-9,13H,1-5H3,(H,19,20)(H2,16,17,21)/t13-/m0/s1. The molecule has 0 bridgehead atoms. The van der Waals surface area contributed by atoms with Gasteiger partial charge in [-0.1, -0.05) is 19.9 Å². The number of carboxylic acid groups (broad SMARTS) is 1. The molecule has 116 valence electrons. The van der Waals surface area contributed by atoms with Crippen molar-refractivity contribution >= 4 is 23.4 Å². The second-order valence-electron chi connectivity index (χ2n) is 5.55. The number of nitrogens with one attached hydrogen (secondary N) is 2. The first-order valence-electron chi connectivity index (χ1n) is 6.80. The van der Waals surface area contributed by atoms with E-state index in [2.05, 4.69) is 10.6 Å². The van der Waals surface area contributed by atoms with Crippen molar-refractivity contribution in [3.63, 3.8) is 0 Å². The molecule has 0 fully saturated rings. The fourth-order valence-electron chi connectivity index (χ4n) is 1.99. The molecular weight excluding hydrogens is 270 g/mol. The zero-order valence-corrected chi connectivity index (χ0v) is 13.1. The third kappa shape index (κ3) is 4.66. The maximum absolute atomic E-state index is 11.9. The molecule has 6 heteroatoms. The predicted octanol–water partition coefficient (Wildman–Crippen LogP) is 2.29. The number of rotatable bonds is 5. The average molecular weight is 293 g/mol. The van der Waals surface area contributed by atoms with E-state index in [1.807, 2.05) is 38.1 Å². The highest BCUT2D eigenvalue weighted by molar-refractivity contribution is 5.92. The summed E-state index contributed by atoms with van der Waals surface area (Å²) in [5.41, 5.74) is 2.71. The van der Waals surface area contributed by atoms with Crippen LogP contribution in [0.15, 0.2) is 18.2 Å². The molecule has 2 amide bonds. The highest BCUT2D eigenvalue weighted by Gasteiger charge is 2.23. The van der Waals surface area contributed by atoms with Crippen LogP contribution >= 0.6 is 0 Å². The van der Waals surface area contributed by atoms with E-state index in [-0.39, 0.29) is 5.92 Å². The van der Waals surface area contributed by atoms with E-state index in [9.17, 15) is 9.59 Å². The molecule has 0 saturated carbocycles. The maximum atomic E-state index is 11.9. The normalized spacial score (nSPS) is 11.9. The SMILES string of the molecule is Cc1ccc(NC(=O)N[C@H](C(=O)O)C(C)C)cc1N(C)C. The second-order valence-corrected chi connectivity index (χ2v) is 5.55. The van der Waals surface area contributed by atoms with Crippen molar-refractivity contribution in [1.29, 1.82) is 0 Å². The molecule has 1 rings (SSSR count). The van der Waals surface area contributed by atoms with Gasteiger partial charge < -0.3 is 20.6 Å². The Hall–Kier alpha value is -2.24. The summed E-state index contributed by atoms with van der Waals surface area (Å²) in [6, 6.07) is 4.10. The molecule has 0 radical (unpaired) electrons. The molecule has 0 aromatic heterocycles. The number of amides is 2. The van der Waals surface area contributed by atoms with Crippen LogP contribution in [0, 0.1) is 12.8 Å². The highest BCUT2D eigenvalue weighted by Crippen LogP contribution is 2.22. The molecule has 3 N–H and O–H groups in total. The zero-order chi connectivity index (χ0) is 16.2. The van der Waals surface area contributed by atoms with Crippen LogP contribution in [-0.2, 0) is 4.79 Å². The fourth-order valence-corrected chi connectivity index (χ4v) is 1.99. The fraction of sp³-hybridized carbons (Fsp3) is 0.467. The Kier molecular flexibility index (Phi) is 5.58. The van der Waals surface area contributed by atoms with Gasteiger partial charge in [-0.3, -0.25) is 0 Å². The summed E-state index contributed by atoms with van der Waals surface area (Å²) in [6.45, 7) is 5.47. The van der Waals surface area contributed by atoms with Gasteiger partial charge in [0.05, 0.1) is 0 Å². The van der Waals surface area contributed by atoms with Crippen molar-refractivity contribution < 1.29 is 14.7 Å². The first-order valence-corrected chi connectivity index (χ1v) is 6.80.